The number of nitrogens with one attached hydrogen (secondary N) is 2. The van der Waals surface area contributed by atoms with Crippen LogP contribution in [-0.4, -0.2) is 16.0 Å². The Morgan fingerprint density at radius 2 is 2.29 bits per heavy atom. The number of H-pyrrole nitrogens is 1. The van der Waals surface area contributed by atoms with Gasteiger partial charge in [-0.3, -0.25) is 0 Å². The molecule has 2 aliphatic rings. The van der Waals surface area contributed by atoms with Crippen LogP contribution in [0.2, 0.25) is 0 Å². The Balaban J connectivity index is 1.64. The van der Waals surface area contributed by atoms with Gasteiger partial charge in [-0.15, -0.1) is 0 Å². The number of nitrogens with zero attached hydrogens (tertiary/aromatic N) is 1. The zero-order valence-corrected chi connectivity index (χ0v) is 10.9. The van der Waals surface area contributed by atoms with Crippen molar-refractivity contribution in [1.29, 1.82) is 0 Å². The van der Waals surface area contributed by atoms with Gasteiger partial charge in [-0.05, 0) is 31.1 Å². The summed E-state index contributed by atoms with van der Waals surface area (Å²) in [5, 5.41) is 3.43. The van der Waals surface area contributed by atoms with Gasteiger partial charge in [-0.1, -0.05) is 20.3 Å². The average Bonchev–Trinajstić information content (AvgIpc) is 3.01. The molecule has 3 atom stereocenters. The maximum atomic E-state index is 4.60. The first-order valence-electron chi connectivity index (χ1n) is 6.99. The van der Waals surface area contributed by atoms with Gasteiger partial charge in [-0.25, -0.2) is 4.98 Å². The molecule has 0 aromatic carbocycles. The third kappa shape index (κ3) is 2.25. The number of aromatic nitrogens is 2. The van der Waals surface area contributed by atoms with E-state index in [1.807, 2.05) is 6.20 Å². The molecule has 0 amide bonds. The van der Waals surface area contributed by atoms with E-state index < -0.39 is 0 Å². The van der Waals surface area contributed by atoms with Gasteiger partial charge in [0.25, 0.3) is 0 Å². The smallest absolute Gasteiger partial charge is 0.109 e. The van der Waals surface area contributed by atoms with Crippen LogP contribution in [0.1, 0.15) is 57.0 Å². The van der Waals surface area contributed by atoms with E-state index in [4.69, 9.17) is 0 Å². The van der Waals surface area contributed by atoms with E-state index in [9.17, 15) is 0 Å². The van der Waals surface area contributed by atoms with E-state index in [1.54, 1.807) is 0 Å². The Bertz CT molecular complexity index is 383. The highest BCUT2D eigenvalue weighted by Crippen LogP contribution is 2.52. The first kappa shape index (κ1) is 11.3. The second-order valence-corrected chi connectivity index (χ2v) is 6.11. The van der Waals surface area contributed by atoms with Crippen molar-refractivity contribution in [3.05, 3.63) is 17.7 Å². The molecule has 3 nitrogen and oxygen atoms in total. The summed E-state index contributed by atoms with van der Waals surface area (Å²) in [7, 11) is 0. The lowest BCUT2D eigenvalue weighted by atomic mass is 9.88. The molecule has 3 unspecified atom stereocenters. The summed E-state index contributed by atoms with van der Waals surface area (Å²) in [6.45, 7) is 5.26. The van der Waals surface area contributed by atoms with E-state index in [0.29, 0.717) is 6.04 Å². The zero-order chi connectivity index (χ0) is 11.8. The molecule has 3 heteroatoms. The van der Waals surface area contributed by atoms with Crippen LogP contribution >= 0.6 is 0 Å². The lowest BCUT2D eigenvalue weighted by Crippen LogP contribution is -2.22. The fraction of sp³-hybridized carbons (Fsp3) is 0.786. The van der Waals surface area contributed by atoms with Crippen molar-refractivity contribution in [1.82, 2.24) is 15.3 Å². The lowest BCUT2D eigenvalue weighted by molar-refractivity contribution is 0.407. The molecule has 0 aliphatic heterocycles. The fourth-order valence-corrected chi connectivity index (χ4v) is 3.55. The highest BCUT2D eigenvalue weighted by atomic mass is 15.0. The summed E-state index contributed by atoms with van der Waals surface area (Å²) in [4.78, 5) is 8.12. The number of rotatable bonds is 4. The van der Waals surface area contributed by atoms with Gasteiger partial charge in [-0.2, -0.15) is 0 Å². The van der Waals surface area contributed by atoms with Gasteiger partial charge in [0.1, 0.15) is 5.82 Å². The van der Waals surface area contributed by atoms with Crippen LogP contribution in [0, 0.1) is 11.8 Å². The minimum Gasteiger partial charge on any atom is -0.345 e. The molecule has 2 N–H and O–H groups in total. The van der Waals surface area contributed by atoms with Crippen molar-refractivity contribution in [3.63, 3.8) is 0 Å². The largest absolute Gasteiger partial charge is 0.345 e. The summed E-state index contributed by atoms with van der Waals surface area (Å²) in [5.74, 6) is 3.88. The first-order valence-corrected chi connectivity index (χ1v) is 6.99. The predicted octanol–water partition coefficient (Wildman–Crippen LogP) is 2.81. The maximum absolute atomic E-state index is 4.60. The van der Waals surface area contributed by atoms with Crippen LogP contribution in [0.25, 0.3) is 0 Å². The fourth-order valence-electron chi connectivity index (χ4n) is 3.55. The summed E-state index contributed by atoms with van der Waals surface area (Å²) in [5.41, 5.74) is 1.23. The average molecular weight is 233 g/mol. The van der Waals surface area contributed by atoms with Gasteiger partial charge in [0.2, 0.25) is 0 Å². The zero-order valence-electron chi connectivity index (χ0n) is 10.9. The van der Waals surface area contributed by atoms with Gasteiger partial charge < -0.3 is 10.3 Å². The lowest BCUT2D eigenvalue weighted by Gasteiger charge is -2.19. The Morgan fingerprint density at radius 3 is 2.94 bits per heavy atom. The summed E-state index contributed by atoms with van der Waals surface area (Å²) < 4.78 is 0. The highest BCUT2D eigenvalue weighted by Gasteiger charge is 2.41. The van der Waals surface area contributed by atoms with Crippen LogP contribution in [-0.2, 0) is 6.54 Å². The number of fused-ring (bicyclic) bond motifs is 2. The van der Waals surface area contributed by atoms with Crippen LogP contribution in [0.15, 0.2) is 6.20 Å². The molecule has 1 aromatic rings. The van der Waals surface area contributed by atoms with E-state index in [-0.39, 0.29) is 0 Å². The van der Waals surface area contributed by atoms with Crippen LogP contribution < -0.4 is 5.32 Å². The molecule has 94 valence electrons. The predicted molar refractivity (Wildman–Crippen MR) is 68.8 cm³/mol. The molecule has 2 aliphatic carbocycles. The molecule has 2 fully saturated rings. The molecule has 1 heterocycles. The molecule has 0 spiro atoms. The quantitative estimate of drug-likeness (QED) is 0.839. The minimum atomic E-state index is 0.532. The summed E-state index contributed by atoms with van der Waals surface area (Å²) in [6.07, 6.45) is 7.72. The van der Waals surface area contributed by atoms with Gasteiger partial charge >= 0.3 is 0 Å². The first-order chi connectivity index (χ1) is 8.22. The van der Waals surface area contributed by atoms with E-state index in [2.05, 4.69) is 29.1 Å². The SMILES string of the molecule is CC(C)NCc1cnc(C2CC3CCC2C3)[nH]1. The van der Waals surface area contributed by atoms with E-state index >= 15 is 0 Å². The molecule has 2 bridgehead atoms. The molecule has 0 radical (unpaired) electrons. The second kappa shape index (κ2) is 4.45. The van der Waals surface area contributed by atoms with Crippen LogP contribution in [0.3, 0.4) is 0 Å². The topological polar surface area (TPSA) is 40.7 Å². The second-order valence-electron chi connectivity index (χ2n) is 6.11. The maximum Gasteiger partial charge on any atom is 0.109 e. The monoisotopic (exact) mass is 233 g/mol. The van der Waals surface area contributed by atoms with Crippen molar-refractivity contribution in [2.24, 2.45) is 11.8 Å². The minimum absolute atomic E-state index is 0.532. The molecular formula is C14H23N3. The van der Waals surface area contributed by atoms with Crippen molar-refractivity contribution in [3.8, 4) is 0 Å². The van der Waals surface area contributed by atoms with Crippen LogP contribution in [0.4, 0.5) is 0 Å². The number of imidazole rings is 1. The van der Waals surface area contributed by atoms with E-state index in [1.165, 1.54) is 37.2 Å². The molecule has 0 saturated heterocycles. The Hall–Kier alpha value is -0.830. The third-order valence-electron chi connectivity index (χ3n) is 4.44. The Morgan fingerprint density at radius 1 is 1.41 bits per heavy atom. The number of aromatic amines is 1. The van der Waals surface area contributed by atoms with Gasteiger partial charge in [0.15, 0.2) is 0 Å². The van der Waals surface area contributed by atoms with Crippen molar-refractivity contribution in [2.75, 3.05) is 0 Å². The molecule has 17 heavy (non-hydrogen) atoms. The van der Waals surface area contributed by atoms with Crippen molar-refractivity contribution in [2.45, 2.75) is 58.0 Å². The third-order valence-corrected chi connectivity index (χ3v) is 4.44. The number of hydrogen-bond donors (Lipinski definition) is 2. The van der Waals surface area contributed by atoms with E-state index in [0.717, 1.165) is 24.3 Å². The Kier molecular flexibility index (Phi) is 2.95. The van der Waals surface area contributed by atoms with Gasteiger partial charge in [0, 0.05) is 30.4 Å². The molecular weight excluding hydrogens is 210 g/mol. The standard InChI is InChI=1S/C14H23N3/c1-9(2)15-7-12-8-16-14(17-12)13-6-10-3-4-11(13)5-10/h8-11,13,15H,3-7H2,1-2H3,(H,16,17). The summed E-state index contributed by atoms with van der Waals surface area (Å²) >= 11 is 0. The highest BCUT2D eigenvalue weighted by molar-refractivity contribution is 5.11. The van der Waals surface area contributed by atoms with Gasteiger partial charge in [0.05, 0.1) is 0 Å². The molecule has 2 saturated carbocycles. The molecule has 3 rings (SSSR count). The normalized spacial score (nSPS) is 31.6. The molecule has 1 aromatic heterocycles. The van der Waals surface area contributed by atoms with Crippen molar-refractivity contribution >= 4 is 0 Å². The summed E-state index contributed by atoms with van der Waals surface area (Å²) in [6, 6.07) is 0.532. The number of hydrogen-bond acceptors (Lipinski definition) is 2. The Labute approximate surface area is 103 Å². The van der Waals surface area contributed by atoms with Crippen LogP contribution in [0.5, 0.6) is 0 Å². The van der Waals surface area contributed by atoms with Crippen molar-refractivity contribution < 1.29 is 0 Å².